The zero-order valence-corrected chi connectivity index (χ0v) is 32.3. The molecular weight excluding hydrogens is 731 g/mol. The van der Waals surface area contributed by atoms with E-state index in [0.717, 1.165) is 66.7 Å². The van der Waals surface area contributed by atoms with Gasteiger partial charge >= 0.3 is 0 Å². The lowest BCUT2D eigenvalue weighted by molar-refractivity contribution is 1.18. The van der Waals surface area contributed by atoms with Crippen molar-refractivity contribution in [3.8, 4) is 51.1 Å². The second-order valence-electron chi connectivity index (χ2n) is 15.3. The van der Waals surface area contributed by atoms with Gasteiger partial charge in [0, 0.05) is 54.8 Å². The van der Waals surface area contributed by atoms with Crippen LogP contribution in [0.4, 0.5) is 0 Å². The third kappa shape index (κ3) is 5.32. The van der Waals surface area contributed by atoms with Crippen LogP contribution < -0.4 is 0 Å². The van der Waals surface area contributed by atoms with Gasteiger partial charge in [-0.15, -0.1) is 0 Å². The van der Waals surface area contributed by atoms with Gasteiger partial charge in [-0.25, -0.2) is 9.97 Å². The molecule has 0 N–H and O–H groups in total. The lowest BCUT2D eigenvalue weighted by Gasteiger charge is -2.11. The Bertz CT molecular complexity index is 3720. The number of aromatic nitrogens is 4. The van der Waals surface area contributed by atoms with Crippen LogP contribution in [0.1, 0.15) is 5.56 Å². The molecule has 4 heterocycles. The Kier molecular flexibility index (Phi) is 7.53. The van der Waals surface area contributed by atoms with Crippen LogP contribution in [0.3, 0.4) is 0 Å². The second kappa shape index (κ2) is 13.4. The number of para-hydroxylation sites is 3. The fourth-order valence-electron chi connectivity index (χ4n) is 9.06. The summed E-state index contributed by atoms with van der Waals surface area (Å²) in [4.78, 5) is 10.3. The van der Waals surface area contributed by atoms with Gasteiger partial charge in [-0.1, -0.05) is 115 Å². The van der Waals surface area contributed by atoms with E-state index in [4.69, 9.17) is 9.97 Å². The molecule has 0 radical (unpaired) electrons. The molecule has 60 heavy (non-hydrogen) atoms. The van der Waals surface area contributed by atoms with Gasteiger partial charge in [0.1, 0.15) is 0 Å². The van der Waals surface area contributed by atoms with E-state index in [0.29, 0.717) is 5.56 Å². The minimum absolute atomic E-state index is 0.611. The van der Waals surface area contributed by atoms with Crippen molar-refractivity contribution >= 4 is 65.4 Å². The smallest absolute Gasteiger partial charge is 0.0991 e. The Hall–Kier alpha value is -8.33. The third-order valence-corrected chi connectivity index (χ3v) is 11.9. The Balaban J connectivity index is 0.931. The zero-order valence-electron chi connectivity index (χ0n) is 32.3. The second-order valence-corrected chi connectivity index (χ2v) is 15.3. The van der Waals surface area contributed by atoms with Crippen molar-refractivity contribution in [2.24, 2.45) is 0 Å². The maximum absolute atomic E-state index is 9.47. The number of nitriles is 1. The van der Waals surface area contributed by atoms with E-state index in [9.17, 15) is 5.26 Å². The minimum Gasteiger partial charge on any atom is -0.309 e. The SMILES string of the molecule is N#Cc1cccc(-c2ccc3ccc4ccc(-c5ccc(-n6c7ccccc7c7cc(-c8ccc9c(c8)c8ccccc8n9-c8ccccc8)ccc76)cc5)nc4c3n2)c1. The average molecular weight is 764 g/mol. The summed E-state index contributed by atoms with van der Waals surface area (Å²) in [6.45, 7) is 0. The Morgan fingerprint density at radius 1 is 0.350 bits per heavy atom. The molecule has 0 amide bonds. The Labute approximate surface area is 345 Å². The fraction of sp³-hybridized carbons (Fsp3) is 0. The number of hydrogen-bond acceptors (Lipinski definition) is 3. The highest BCUT2D eigenvalue weighted by molar-refractivity contribution is 6.13. The van der Waals surface area contributed by atoms with Crippen molar-refractivity contribution in [2.45, 2.75) is 0 Å². The number of pyridine rings is 2. The molecule has 4 aromatic heterocycles. The molecular formula is C55H33N5. The van der Waals surface area contributed by atoms with Crippen LogP contribution in [-0.4, -0.2) is 19.1 Å². The molecule has 0 aliphatic carbocycles. The molecule has 0 saturated heterocycles. The summed E-state index contributed by atoms with van der Waals surface area (Å²) >= 11 is 0. The monoisotopic (exact) mass is 763 g/mol. The number of hydrogen-bond donors (Lipinski definition) is 0. The molecule has 5 heteroatoms. The van der Waals surface area contributed by atoms with Gasteiger partial charge < -0.3 is 9.13 Å². The molecule has 0 bridgehead atoms. The lowest BCUT2D eigenvalue weighted by atomic mass is 10.0. The number of rotatable bonds is 5. The molecule has 0 aliphatic rings. The molecule has 0 spiro atoms. The summed E-state index contributed by atoms with van der Waals surface area (Å²) in [6, 6.07) is 72.8. The first kappa shape index (κ1) is 33.8. The van der Waals surface area contributed by atoms with E-state index >= 15 is 0 Å². The van der Waals surface area contributed by atoms with Crippen LogP contribution in [0, 0.1) is 11.3 Å². The first-order chi connectivity index (χ1) is 29.7. The van der Waals surface area contributed by atoms with Gasteiger partial charge in [-0.3, -0.25) is 0 Å². The summed E-state index contributed by atoms with van der Waals surface area (Å²) < 4.78 is 4.73. The summed E-state index contributed by atoms with van der Waals surface area (Å²) in [5, 5.41) is 16.4. The van der Waals surface area contributed by atoms with Crippen molar-refractivity contribution in [3.05, 3.63) is 206 Å². The maximum atomic E-state index is 9.47. The normalized spacial score (nSPS) is 11.7. The van der Waals surface area contributed by atoms with Gasteiger partial charge in [0.15, 0.2) is 0 Å². The highest BCUT2D eigenvalue weighted by atomic mass is 15.0. The third-order valence-electron chi connectivity index (χ3n) is 11.9. The van der Waals surface area contributed by atoms with Gasteiger partial charge in [0.25, 0.3) is 0 Å². The summed E-state index contributed by atoms with van der Waals surface area (Å²) in [5.74, 6) is 0. The fourth-order valence-corrected chi connectivity index (χ4v) is 9.06. The molecule has 8 aromatic carbocycles. The molecule has 0 atom stereocenters. The molecule has 12 aromatic rings. The highest BCUT2D eigenvalue weighted by Crippen LogP contribution is 2.39. The predicted molar refractivity (Wildman–Crippen MR) is 247 cm³/mol. The topological polar surface area (TPSA) is 59.4 Å². The highest BCUT2D eigenvalue weighted by Gasteiger charge is 2.17. The first-order valence-corrected chi connectivity index (χ1v) is 20.1. The van der Waals surface area contributed by atoms with E-state index in [1.807, 2.05) is 30.3 Å². The molecule has 5 nitrogen and oxygen atoms in total. The van der Waals surface area contributed by atoms with Gasteiger partial charge in [0.05, 0.1) is 56.1 Å². The Morgan fingerprint density at radius 2 is 0.833 bits per heavy atom. The maximum Gasteiger partial charge on any atom is 0.0991 e. The molecule has 12 rings (SSSR count). The van der Waals surface area contributed by atoms with Crippen molar-refractivity contribution < 1.29 is 0 Å². The summed E-state index contributed by atoms with van der Waals surface area (Å²) in [7, 11) is 0. The van der Waals surface area contributed by atoms with Crippen LogP contribution in [0.25, 0.3) is 110 Å². The van der Waals surface area contributed by atoms with Gasteiger partial charge in [-0.05, 0) is 96.1 Å². The lowest BCUT2D eigenvalue weighted by Crippen LogP contribution is -1.94. The standard InChI is InChI=1S/C55H33N5/c56-34-35-9-8-10-41(31-35)49-28-22-38-18-17-37-21-27-48(57-54(37)55(38)58-49)36-19-25-43(26-20-36)60-51-16-7-5-14-45(51)47-33-40(24-30-53(47)60)39-23-29-52-46(32-39)44-13-4-6-15-50(44)59(52)42-11-2-1-3-12-42/h1-33H. The number of fused-ring (bicyclic) bond motifs is 9. The average Bonchev–Trinajstić information content (AvgIpc) is 3.83. The molecule has 278 valence electrons. The minimum atomic E-state index is 0.611. The molecule has 0 saturated carbocycles. The van der Waals surface area contributed by atoms with Crippen molar-refractivity contribution in [2.75, 3.05) is 0 Å². The van der Waals surface area contributed by atoms with Crippen LogP contribution >= 0.6 is 0 Å². The van der Waals surface area contributed by atoms with Crippen LogP contribution in [0.5, 0.6) is 0 Å². The van der Waals surface area contributed by atoms with E-state index in [1.165, 1.54) is 43.7 Å². The van der Waals surface area contributed by atoms with Crippen LogP contribution in [0.2, 0.25) is 0 Å². The zero-order chi connectivity index (χ0) is 39.7. The van der Waals surface area contributed by atoms with E-state index in [-0.39, 0.29) is 0 Å². The first-order valence-electron chi connectivity index (χ1n) is 20.1. The van der Waals surface area contributed by atoms with Crippen LogP contribution in [-0.2, 0) is 0 Å². The van der Waals surface area contributed by atoms with E-state index in [1.54, 1.807) is 0 Å². The van der Waals surface area contributed by atoms with Gasteiger partial charge in [-0.2, -0.15) is 5.26 Å². The van der Waals surface area contributed by atoms with Gasteiger partial charge in [0.2, 0.25) is 0 Å². The predicted octanol–water partition coefficient (Wildman–Crippen LogP) is 13.8. The quantitative estimate of drug-likeness (QED) is 0.164. The van der Waals surface area contributed by atoms with E-state index < -0.39 is 0 Å². The molecule has 0 aliphatic heterocycles. The summed E-state index contributed by atoms with van der Waals surface area (Å²) in [5.41, 5.74) is 15.3. The van der Waals surface area contributed by atoms with Crippen molar-refractivity contribution in [1.29, 1.82) is 5.26 Å². The molecule has 0 unspecified atom stereocenters. The summed E-state index contributed by atoms with van der Waals surface area (Å²) in [6.07, 6.45) is 0. The Morgan fingerprint density at radius 3 is 1.42 bits per heavy atom. The van der Waals surface area contributed by atoms with Crippen molar-refractivity contribution in [1.82, 2.24) is 19.1 Å². The van der Waals surface area contributed by atoms with Crippen molar-refractivity contribution in [3.63, 3.8) is 0 Å². The number of benzene rings is 8. The molecule has 0 fully saturated rings. The largest absolute Gasteiger partial charge is 0.309 e. The van der Waals surface area contributed by atoms with Crippen LogP contribution in [0.15, 0.2) is 200 Å². The van der Waals surface area contributed by atoms with E-state index in [2.05, 4.69) is 185 Å². The number of nitrogens with zero attached hydrogens (tertiary/aromatic N) is 5.